The van der Waals surface area contributed by atoms with Crippen LogP contribution in [0.3, 0.4) is 0 Å². The van der Waals surface area contributed by atoms with Crippen molar-refractivity contribution >= 4 is 11.8 Å². The molecule has 2 N–H and O–H groups in total. The number of benzene rings is 2. The number of ether oxygens (including phenoxy) is 1. The molecule has 7 heteroatoms. The highest BCUT2D eigenvalue weighted by molar-refractivity contribution is 6.00. The Labute approximate surface area is 175 Å². The number of nitrogens with zero attached hydrogens (tertiary/aromatic N) is 2. The summed E-state index contributed by atoms with van der Waals surface area (Å²) in [4.78, 5) is 24.7. The zero-order valence-corrected chi connectivity index (χ0v) is 16.8. The molecular formula is C23H24N4O3. The van der Waals surface area contributed by atoms with Crippen LogP contribution >= 0.6 is 0 Å². The molecule has 30 heavy (non-hydrogen) atoms. The molecule has 1 aliphatic rings. The second-order valence-electron chi connectivity index (χ2n) is 7.19. The predicted octanol–water partition coefficient (Wildman–Crippen LogP) is 2.80. The molecule has 1 fully saturated rings. The minimum absolute atomic E-state index is 0.0656. The summed E-state index contributed by atoms with van der Waals surface area (Å²) in [5.41, 5.74) is 2.57. The summed E-state index contributed by atoms with van der Waals surface area (Å²) in [6.07, 6.45) is 3.63. The maximum absolute atomic E-state index is 13.0. The van der Waals surface area contributed by atoms with E-state index in [1.54, 1.807) is 18.0 Å². The van der Waals surface area contributed by atoms with Crippen molar-refractivity contribution in [1.29, 1.82) is 0 Å². The van der Waals surface area contributed by atoms with E-state index in [1.165, 1.54) is 0 Å². The van der Waals surface area contributed by atoms with Gasteiger partial charge in [-0.05, 0) is 37.1 Å². The molecule has 1 heterocycles. The fourth-order valence-corrected chi connectivity index (χ4v) is 3.24. The van der Waals surface area contributed by atoms with Gasteiger partial charge >= 0.3 is 0 Å². The zero-order valence-electron chi connectivity index (χ0n) is 16.8. The molecule has 7 nitrogen and oxygen atoms in total. The van der Waals surface area contributed by atoms with Gasteiger partial charge in [-0.3, -0.25) is 9.59 Å². The Morgan fingerprint density at radius 1 is 1.03 bits per heavy atom. The first-order valence-electron chi connectivity index (χ1n) is 10.0. The lowest BCUT2D eigenvalue weighted by atomic mass is 10.1. The lowest BCUT2D eigenvalue weighted by Gasteiger charge is -2.09. The van der Waals surface area contributed by atoms with Crippen molar-refractivity contribution in [2.45, 2.75) is 12.8 Å². The number of carbonyl (C=O) groups excluding carboxylic acids is 2. The quantitative estimate of drug-likeness (QED) is 0.566. The third kappa shape index (κ3) is 4.35. The van der Waals surface area contributed by atoms with Crippen LogP contribution in [0.5, 0.6) is 5.75 Å². The number of rotatable bonds is 8. The van der Waals surface area contributed by atoms with Crippen LogP contribution in [-0.4, -0.2) is 41.8 Å². The largest absolute Gasteiger partial charge is 0.496 e. The lowest BCUT2D eigenvalue weighted by Crippen LogP contribution is -2.35. The van der Waals surface area contributed by atoms with Crippen molar-refractivity contribution in [2.75, 3.05) is 20.2 Å². The first-order valence-corrected chi connectivity index (χ1v) is 10.0. The van der Waals surface area contributed by atoms with E-state index in [4.69, 9.17) is 4.74 Å². The van der Waals surface area contributed by atoms with Crippen LogP contribution < -0.4 is 15.4 Å². The number of hydrogen-bond acceptors (Lipinski definition) is 4. The van der Waals surface area contributed by atoms with Crippen LogP contribution in [0.25, 0.3) is 16.9 Å². The van der Waals surface area contributed by atoms with Gasteiger partial charge in [-0.25, -0.2) is 4.68 Å². The molecule has 0 bridgehead atoms. The average molecular weight is 404 g/mol. The summed E-state index contributed by atoms with van der Waals surface area (Å²) in [5, 5.41) is 10.4. The number of carbonyl (C=O) groups is 2. The van der Waals surface area contributed by atoms with Gasteiger partial charge in [0, 0.05) is 30.8 Å². The van der Waals surface area contributed by atoms with E-state index in [9.17, 15) is 9.59 Å². The highest BCUT2D eigenvalue weighted by atomic mass is 16.5. The second kappa shape index (κ2) is 8.82. The van der Waals surface area contributed by atoms with Crippen LogP contribution in [0, 0.1) is 5.92 Å². The van der Waals surface area contributed by atoms with Crippen molar-refractivity contribution in [2.24, 2.45) is 5.92 Å². The molecular weight excluding hydrogens is 380 g/mol. The normalized spacial score (nSPS) is 13.0. The minimum atomic E-state index is -0.251. The number of nitrogens with one attached hydrogen (secondary N) is 2. The maximum Gasteiger partial charge on any atom is 0.255 e. The maximum atomic E-state index is 13.0. The van der Waals surface area contributed by atoms with Crippen LogP contribution in [0.4, 0.5) is 0 Å². The fourth-order valence-electron chi connectivity index (χ4n) is 3.24. The first-order chi connectivity index (χ1) is 14.7. The molecule has 4 rings (SSSR count). The van der Waals surface area contributed by atoms with Gasteiger partial charge in [0.15, 0.2) is 0 Å². The Bertz CT molecular complexity index is 1040. The summed E-state index contributed by atoms with van der Waals surface area (Å²) in [6, 6.07) is 17.1. The molecule has 2 amide bonds. The Balaban J connectivity index is 1.57. The van der Waals surface area contributed by atoms with E-state index in [0.29, 0.717) is 30.1 Å². The zero-order chi connectivity index (χ0) is 20.9. The third-order valence-electron chi connectivity index (χ3n) is 5.00. The number of hydrogen-bond donors (Lipinski definition) is 2. The minimum Gasteiger partial charge on any atom is -0.496 e. The van der Waals surface area contributed by atoms with Crippen LogP contribution in [0.2, 0.25) is 0 Å². The van der Waals surface area contributed by atoms with Crippen LogP contribution in [-0.2, 0) is 4.79 Å². The van der Waals surface area contributed by atoms with E-state index in [-0.39, 0.29) is 17.7 Å². The molecule has 0 spiro atoms. The van der Waals surface area contributed by atoms with Crippen molar-refractivity contribution in [3.05, 3.63) is 66.4 Å². The molecule has 0 saturated heterocycles. The molecule has 0 unspecified atom stereocenters. The third-order valence-corrected chi connectivity index (χ3v) is 5.00. The number of para-hydroxylation sites is 2. The van der Waals surface area contributed by atoms with Gasteiger partial charge in [0.05, 0.1) is 18.4 Å². The number of aromatic nitrogens is 2. The summed E-state index contributed by atoms with van der Waals surface area (Å²) in [5.74, 6) is 0.609. The SMILES string of the molecule is COc1ccccc1-c1nn(-c2ccccc2)cc1C(=O)NCCNC(=O)C1CC1. The molecule has 154 valence electrons. The lowest BCUT2D eigenvalue weighted by molar-refractivity contribution is -0.122. The summed E-state index contributed by atoms with van der Waals surface area (Å²) in [7, 11) is 1.59. The molecule has 1 aromatic heterocycles. The smallest absolute Gasteiger partial charge is 0.255 e. The molecule has 3 aromatic rings. The van der Waals surface area contributed by atoms with Gasteiger partial charge in [0.25, 0.3) is 5.91 Å². The van der Waals surface area contributed by atoms with Gasteiger partial charge in [0.2, 0.25) is 5.91 Å². The summed E-state index contributed by atoms with van der Waals surface area (Å²) >= 11 is 0. The topological polar surface area (TPSA) is 85.2 Å². The summed E-state index contributed by atoms with van der Waals surface area (Å²) < 4.78 is 7.16. The fraction of sp³-hybridized carbons (Fsp3) is 0.261. The van der Waals surface area contributed by atoms with E-state index in [2.05, 4.69) is 15.7 Å². The molecule has 0 atom stereocenters. The Morgan fingerprint density at radius 3 is 2.47 bits per heavy atom. The Hall–Kier alpha value is -3.61. The molecule has 0 radical (unpaired) electrons. The molecule has 0 aliphatic heterocycles. The highest BCUT2D eigenvalue weighted by Gasteiger charge is 2.29. The molecule has 2 aromatic carbocycles. The molecule has 1 saturated carbocycles. The Morgan fingerprint density at radius 2 is 1.73 bits per heavy atom. The van der Waals surface area contributed by atoms with Crippen molar-refractivity contribution in [1.82, 2.24) is 20.4 Å². The predicted molar refractivity (Wildman–Crippen MR) is 114 cm³/mol. The summed E-state index contributed by atoms with van der Waals surface area (Å²) in [6.45, 7) is 0.747. The van der Waals surface area contributed by atoms with E-state index in [0.717, 1.165) is 24.1 Å². The van der Waals surface area contributed by atoms with Crippen molar-refractivity contribution in [3.63, 3.8) is 0 Å². The first kappa shape index (κ1) is 19.7. The van der Waals surface area contributed by atoms with E-state index in [1.807, 2.05) is 54.6 Å². The van der Waals surface area contributed by atoms with E-state index >= 15 is 0 Å². The van der Waals surface area contributed by atoms with Gasteiger partial charge in [-0.15, -0.1) is 0 Å². The van der Waals surface area contributed by atoms with Gasteiger partial charge in [-0.2, -0.15) is 5.10 Å². The number of methoxy groups -OCH3 is 1. The van der Waals surface area contributed by atoms with Gasteiger partial charge in [-0.1, -0.05) is 30.3 Å². The van der Waals surface area contributed by atoms with Crippen molar-refractivity contribution < 1.29 is 14.3 Å². The van der Waals surface area contributed by atoms with Crippen LogP contribution in [0.15, 0.2) is 60.8 Å². The van der Waals surface area contributed by atoms with Crippen molar-refractivity contribution in [3.8, 4) is 22.7 Å². The average Bonchev–Trinajstić information content (AvgIpc) is 3.55. The van der Waals surface area contributed by atoms with Gasteiger partial charge in [0.1, 0.15) is 11.4 Å². The van der Waals surface area contributed by atoms with E-state index < -0.39 is 0 Å². The Kier molecular flexibility index (Phi) is 5.79. The van der Waals surface area contributed by atoms with Gasteiger partial charge < -0.3 is 15.4 Å². The highest BCUT2D eigenvalue weighted by Crippen LogP contribution is 2.31. The van der Waals surface area contributed by atoms with Crippen LogP contribution in [0.1, 0.15) is 23.2 Å². The molecule has 1 aliphatic carbocycles. The standard InChI is InChI=1S/C23H24N4O3/c1-30-20-10-6-5-9-18(20)21-19(15-27(26-21)17-7-3-2-4-8-17)23(29)25-14-13-24-22(28)16-11-12-16/h2-10,15-16H,11-14H2,1H3,(H,24,28)(H,25,29). The number of amides is 2. The monoisotopic (exact) mass is 404 g/mol. The second-order valence-corrected chi connectivity index (χ2v) is 7.19.